The Morgan fingerprint density at radius 1 is 1.50 bits per heavy atom. The quantitative estimate of drug-likeness (QED) is 0.741. The first kappa shape index (κ1) is 13.4. The lowest BCUT2D eigenvalue weighted by molar-refractivity contribution is -0.121. The zero-order chi connectivity index (χ0) is 11.2. The summed E-state index contributed by atoms with van der Waals surface area (Å²) in [5.41, 5.74) is -0.334. The highest BCUT2D eigenvalue weighted by molar-refractivity contribution is 5.75. The van der Waals surface area contributed by atoms with Gasteiger partial charge in [0, 0.05) is 6.42 Å². The summed E-state index contributed by atoms with van der Waals surface area (Å²) in [4.78, 5) is 10.8. The number of ether oxygens (including phenoxy) is 1. The summed E-state index contributed by atoms with van der Waals surface area (Å²) in [6.07, 6.45) is -0.753. The fourth-order valence-electron chi connectivity index (χ4n) is 0.749. The molecule has 0 aromatic rings. The van der Waals surface area contributed by atoms with Gasteiger partial charge in [-0.1, -0.05) is 6.92 Å². The summed E-state index contributed by atoms with van der Waals surface area (Å²) in [6, 6.07) is 0. The first-order chi connectivity index (χ1) is 6.35. The van der Waals surface area contributed by atoms with E-state index in [4.69, 9.17) is 4.74 Å². The van der Waals surface area contributed by atoms with E-state index in [2.05, 4.69) is 5.32 Å². The van der Waals surface area contributed by atoms with Crippen molar-refractivity contribution in [2.45, 2.75) is 45.9 Å². The maximum absolute atomic E-state index is 13.1. The second-order valence-corrected chi connectivity index (χ2v) is 4.18. The highest BCUT2D eigenvalue weighted by Crippen LogP contribution is 2.07. The van der Waals surface area contributed by atoms with Crippen molar-refractivity contribution in [3.8, 4) is 0 Å². The van der Waals surface area contributed by atoms with Crippen LogP contribution in [0.15, 0.2) is 0 Å². The van der Waals surface area contributed by atoms with Crippen LogP contribution in [0.1, 0.15) is 34.1 Å². The molecule has 0 aromatic carbocycles. The van der Waals surface area contributed by atoms with E-state index in [1.54, 1.807) is 6.92 Å². The highest BCUT2D eigenvalue weighted by Gasteiger charge is 2.14. The molecule has 0 aliphatic rings. The van der Waals surface area contributed by atoms with Gasteiger partial charge in [0.15, 0.2) is 0 Å². The molecule has 0 saturated heterocycles. The molecule has 1 unspecified atom stereocenters. The van der Waals surface area contributed by atoms with Crippen LogP contribution in [0.25, 0.3) is 0 Å². The zero-order valence-corrected chi connectivity index (χ0v) is 9.39. The molecule has 0 fully saturated rings. The van der Waals surface area contributed by atoms with E-state index in [1.165, 1.54) is 0 Å². The normalized spacial score (nSPS) is 13.8. The van der Waals surface area contributed by atoms with Gasteiger partial charge in [-0.2, -0.15) is 0 Å². The van der Waals surface area contributed by atoms with Crippen LogP contribution >= 0.6 is 0 Å². The van der Waals surface area contributed by atoms with Crippen LogP contribution in [-0.2, 0) is 9.53 Å². The molecule has 4 heteroatoms. The third-order valence-corrected chi connectivity index (χ3v) is 1.54. The van der Waals surface area contributed by atoms with Crippen molar-refractivity contribution in [3.05, 3.63) is 0 Å². The monoisotopic (exact) mass is 205 g/mol. The van der Waals surface area contributed by atoms with Gasteiger partial charge in [-0.25, -0.2) is 4.39 Å². The van der Waals surface area contributed by atoms with Gasteiger partial charge in [0.1, 0.15) is 6.17 Å². The van der Waals surface area contributed by atoms with Crippen LogP contribution < -0.4 is 5.32 Å². The predicted molar refractivity (Wildman–Crippen MR) is 53.9 cm³/mol. The molecule has 0 heterocycles. The molecule has 0 spiro atoms. The van der Waals surface area contributed by atoms with Gasteiger partial charge < -0.3 is 10.1 Å². The first-order valence-corrected chi connectivity index (χ1v) is 4.90. The minimum atomic E-state index is -1.13. The molecule has 14 heavy (non-hydrogen) atoms. The average molecular weight is 205 g/mol. The van der Waals surface area contributed by atoms with Gasteiger partial charge in [-0.3, -0.25) is 4.79 Å². The Hall–Kier alpha value is -0.640. The summed E-state index contributed by atoms with van der Waals surface area (Å²) in [5, 5.41) is 2.47. The minimum Gasteiger partial charge on any atom is -0.373 e. The second-order valence-electron chi connectivity index (χ2n) is 4.18. The zero-order valence-electron chi connectivity index (χ0n) is 9.39. The third kappa shape index (κ3) is 7.98. The number of hydrogen-bond donors (Lipinski definition) is 1. The maximum Gasteiger partial charge on any atom is 0.219 e. The molecular weight excluding hydrogens is 185 g/mol. The van der Waals surface area contributed by atoms with E-state index in [0.29, 0.717) is 6.42 Å². The van der Waals surface area contributed by atoms with E-state index in [0.717, 1.165) is 0 Å². The number of carbonyl (C=O) groups is 1. The second kappa shape index (κ2) is 5.96. The molecule has 0 rings (SSSR count). The SMILES string of the molecule is CCC(=O)NCC(F)COC(C)(C)C. The summed E-state index contributed by atoms with van der Waals surface area (Å²) >= 11 is 0. The third-order valence-electron chi connectivity index (χ3n) is 1.54. The molecule has 1 atom stereocenters. The molecule has 1 amide bonds. The first-order valence-electron chi connectivity index (χ1n) is 4.90. The smallest absolute Gasteiger partial charge is 0.219 e. The van der Waals surface area contributed by atoms with E-state index >= 15 is 0 Å². The Morgan fingerprint density at radius 2 is 2.07 bits per heavy atom. The molecule has 1 N–H and O–H groups in total. The number of halogens is 1. The van der Waals surface area contributed by atoms with Crippen molar-refractivity contribution in [1.82, 2.24) is 5.32 Å². The van der Waals surface area contributed by atoms with Crippen LogP contribution in [-0.4, -0.2) is 30.8 Å². The molecule has 0 aliphatic carbocycles. The van der Waals surface area contributed by atoms with E-state index in [9.17, 15) is 9.18 Å². The van der Waals surface area contributed by atoms with Crippen LogP contribution in [0.4, 0.5) is 4.39 Å². The van der Waals surface area contributed by atoms with E-state index in [-0.39, 0.29) is 24.7 Å². The Labute approximate surface area is 85.0 Å². The Morgan fingerprint density at radius 3 is 2.50 bits per heavy atom. The molecule has 0 aromatic heterocycles. The van der Waals surface area contributed by atoms with Crippen molar-refractivity contribution in [3.63, 3.8) is 0 Å². The number of alkyl halides is 1. The predicted octanol–water partition coefficient (Wildman–Crippen LogP) is 1.67. The van der Waals surface area contributed by atoms with Crippen LogP contribution in [0.3, 0.4) is 0 Å². The Balaban J connectivity index is 3.56. The van der Waals surface area contributed by atoms with Crippen molar-refractivity contribution < 1.29 is 13.9 Å². The van der Waals surface area contributed by atoms with Crippen molar-refractivity contribution in [1.29, 1.82) is 0 Å². The van der Waals surface area contributed by atoms with Crippen LogP contribution in [0, 0.1) is 0 Å². The molecular formula is C10H20FNO2. The van der Waals surface area contributed by atoms with Gasteiger partial charge >= 0.3 is 0 Å². The molecule has 0 bridgehead atoms. The largest absolute Gasteiger partial charge is 0.373 e. The summed E-state index contributed by atoms with van der Waals surface area (Å²) in [6.45, 7) is 7.38. The van der Waals surface area contributed by atoms with E-state index < -0.39 is 6.17 Å². The summed E-state index contributed by atoms with van der Waals surface area (Å²) in [7, 11) is 0. The van der Waals surface area contributed by atoms with Gasteiger partial charge in [-0.15, -0.1) is 0 Å². The van der Waals surface area contributed by atoms with Crippen molar-refractivity contribution in [2.24, 2.45) is 0 Å². The topological polar surface area (TPSA) is 38.3 Å². The summed E-state index contributed by atoms with van der Waals surface area (Å²) < 4.78 is 18.3. The molecule has 84 valence electrons. The lowest BCUT2D eigenvalue weighted by atomic mass is 10.2. The van der Waals surface area contributed by atoms with Gasteiger partial charge in [-0.05, 0) is 20.8 Å². The van der Waals surface area contributed by atoms with E-state index in [1.807, 2.05) is 20.8 Å². The fraction of sp³-hybridized carbons (Fsp3) is 0.900. The minimum absolute atomic E-state index is 0.0213. The molecule has 0 radical (unpaired) electrons. The number of amides is 1. The van der Waals surface area contributed by atoms with Gasteiger partial charge in [0.2, 0.25) is 5.91 Å². The van der Waals surface area contributed by atoms with Gasteiger partial charge in [0.25, 0.3) is 0 Å². The standard InChI is InChI=1S/C10H20FNO2/c1-5-9(13)12-6-8(11)7-14-10(2,3)4/h8H,5-7H2,1-4H3,(H,12,13). The maximum atomic E-state index is 13.1. The lowest BCUT2D eigenvalue weighted by Crippen LogP contribution is -2.34. The van der Waals surface area contributed by atoms with Crippen molar-refractivity contribution in [2.75, 3.05) is 13.2 Å². The number of carbonyl (C=O) groups excluding carboxylic acids is 1. The Kier molecular flexibility index (Phi) is 5.69. The molecule has 0 aliphatic heterocycles. The number of hydrogen-bond acceptors (Lipinski definition) is 2. The average Bonchev–Trinajstić information content (AvgIpc) is 2.09. The van der Waals surface area contributed by atoms with Crippen molar-refractivity contribution >= 4 is 5.91 Å². The lowest BCUT2D eigenvalue weighted by Gasteiger charge is -2.21. The summed E-state index contributed by atoms with van der Waals surface area (Å²) in [5.74, 6) is -0.136. The number of rotatable bonds is 5. The molecule has 0 saturated carbocycles. The number of nitrogens with one attached hydrogen (secondary N) is 1. The highest BCUT2D eigenvalue weighted by atomic mass is 19.1. The van der Waals surface area contributed by atoms with Gasteiger partial charge in [0.05, 0.1) is 18.8 Å². The van der Waals surface area contributed by atoms with Crippen LogP contribution in [0.5, 0.6) is 0 Å². The van der Waals surface area contributed by atoms with Crippen LogP contribution in [0.2, 0.25) is 0 Å². The Bertz CT molecular complexity index is 177. The molecule has 3 nitrogen and oxygen atoms in total. The fourth-order valence-corrected chi connectivity index (χ4v) is 0.749.